The molecular weight excluding hydrogens is 328 g/mol. The largest absolute Gasteiger partial charge is 0.457 e. The van der Waals surface area contributed by atoms with Crippen LogP contribution in [0.1, 0.15) is 101 Å². The van der Waals surface area contributed by atoms with Gasteiger partial charge in [0.25, 0.3) is 0 Å². The second-order valence-corrected chi connectivity index (χ2v) is 8.35. The molecule has 148 valence electrons. The molecule has 0 bridgehead atoms. The van der Waals surface area contributed by atoms with Gasteiger partial charge in [-0.15, -0.1) is 0 Å². The van der Waals surface area contributed by atoms with Crippen LogP contribution in [0.25, 0.3) is 0 Å². The molecule has 0 aliphatic rings. The lowest BCUT2D eigenvalue weighted by molar-refractivity contribution is 0.467. The van der Waals surface area contributed by atoms with Gasteiger partial charge in [-0.1, -0.05) is 78.6 Å². The van der Waals surface area contributed by atoms with Crippen molar-refractivity contribution in [1.82, 2.24) is 0 Å². The SMILES string of the molecule is CCCCc1cc(C(C)C)ccc1Oc1ccc(C(C)C)cc1CCCC. The summed E-state index contributed by atoms with van der Waals surface area (Å²) in [5, 5.41) is 0. The fourth-order valence-corrected chi connectivity index (χ4v) is 3.36. The van der Waals surface area contributed by atoms with E-state index < -0.39 is 0 Å². The van der Waals surface area contributed by atoms with Crippen LogP contribution in [0.5, 0.6) is 11.5 Å². The second-order valence-electron chi connectivity index (χ2n) is 8.35. The molecule has 2 rings (SSSR count). The van der Waals surface area contributed by atoms with Crippen LogP contribution in [-0.4, -0.2) is 0 Å². The first-order chi connectivity index (χ1) is 13.0. The fourth-order valence-electron chi connectivity index (χ4n) is 3.36. The molecular formula is C26H38O. The number of hydrogen-bond donors (Lipinski definition) is 0. The summed E-state index contributed by atoms with van der Waals surface area (Å²) in [6.07, 6.45) is 6.98. The number of benzene rings is 2. The van der Waals surface area contributed by atoms with Crippen LogP contribution >= 0.6 is 0 Å². The van der Waals surface area contributed by atoms with Gasteiger partial charge >= 0.3 is 0 Å². The van der Waals surface area contributed by atoms with Crippen molar-refractivity contribution < 1.29 is 4.74 Å². The van der Waals surface area contributed by atoms with E-state index in [9.17, 15) is 0 Å². The van der Waals surface area contributed by atoms with Crippen molar-refractivity contribution in [2.75, 3.05) is 0 Å². The van der Waals surface area contributed by atoms with Crippen LogP contribution in [0.3, 0.4) is 0 Å². The van der Waals surface area contributed by atoms with E-state index >= 15 is 0 Å². The third kappa shape index (κ3) is 6.13. The Hall–Kier alpha value is -1.76. The summed E-state index contributed by atoms with van der Waals surface area (Å²) in [6.45, 7) is 13.5. The average molecular weight is 367 g/mol. The molecule has 0 radical (unpaired) electrons. The molecule has 2 aromatic carbocycles. The fraction of sp³-hybridized carbons (Fsp3) is 0.538. The van der Waals surface area contributed by atoms with Gasteiger partial charge in [0.2, 0.25) is 0 Å². The van der Waals surface area contributed by atoms with Crippen molar-refractivity contribution in [2.45, 2.75) is 91.9 Å². The summed E-state index contributed by atoms with van der Waals surface area (Å²) >= 11 is 0. The molecule has 0 atom stereocenters. The Balaban J connectivity index is 2.36. The Morgan fingerprint density at radius 3 is 1.41 bits per heavy atom. The minimum absolute atomic E-state index is 0.546. The highest BCUT2D eigenvalue weighted by atomic mass is 16.5. The second kappa shape index (κ2) is 10.5. The topological polar surface area (TPSA) is 9.23 Å². The predicted octanol–water partition coefficient (Wildman–Crippen LogP) is 8.41. The molecule has 0 heterocycles. The maximum Gasteiger partial charge on any atom is 0.130 e. The van der Waals surface area contributed by atoms with Gasteiger partial charge in [-0.2, -0.15) is 0 Å². The highest BCUT2D eigenvalue weighted by Crippen LogP contribution is 2.33. The van der Waals surface area contributed by atoms with Crippen molar-refractivity contribution in [3.05, 3.63) is 58.7 Å². The maximum atomic E-state index is 6.50. The lowest BCUT2D eigenvalue weighted by Gasteiger charge is -2.18. The Bertz CT molecular complexity index is 651. The Morgan fingerprint density at radius 1 is 0.667 bits per heavy atom. The summed E-state index contributed by atoms with van der Waals surface area (Å²) in [4.78, 5) is 0. The Kier molecular flexibility index (Phi) is 8.41. The van der Waals surface area contributed by atoms with Gasteiger partial charge in [0.15, 0.2) is 0 Å². The first kappa shape index (κ1) is 21.5. The van der Waals surface area contributed by atoms with E-state index in [-0.39, 0.29) is 0 Å². The molecule has 27 heavy (non-hydrogen) atoms. The lowest BCUT2D eigenvalue weighted by Crippen LogP contribution is -1.99. The quantitative estimate of drug-likeness (QED) is 0.410. The Morgan fingerprint density at radius 2 is 1.07 bits per heavy atom. The highest BCUT2D eigenvalue weighted by molar-refractivity contribution is 5.45. The zero-order valence-corrected chi connectivity index (χ0v) is 18.3. The normalized spacial score (nSPS) is 11.4. The van der Waals surface area contributed by atoms with Crippen LogP contribution in [0, 0.1) is 0 Å². The average Bonchev–Trinajstić information content (AvgIpc) is 2.65. The third-order valence-corrected chi connectivity index (χ3v) is 5.32. The van der Waals surface area contributed by atoms with Crippen LogP contribution < -0.4 is 4.74 Å². The van der Waals surface area contributed by atoms with Crippen LogP contribution in [-0.2, 0) is 12.8 Å². The summed E-state index contributed by atoms with van der Waals surface area (Å²) in [5.41, 5.74) is 5.49. The highest BCUT2D eigenvalue weighted by Gasteiger charge is 2.12. The van der Waals surface area contributed by atoms with Gasteiger partial charge in [-0.3, -0.25) is 0 Å². The van der Waals surface area contributed by atoms with Crippen LogP contribution in [0.2, 0.25) is 0 Å². The molecule has 0 N–H and O–H groups in total. The van der Waals surface area contributed by atoms with Gasteiger partial charge in [0.1, 0.15) is 11.5 Å². The molecule has 0 unspecified atom stereocenters. The first-order valence-corrected chi connectivity index (χ1v) is 10.9. The minimum Gasteiger partial charge on any atom is -0.457 e. The molecule has 0 saturated heterocycles. The summed E-state index contributed by atoms with van der Waals surface area (Å²) in [5.74, 6) is 3.15. The molecule has 0 aliphatic carbocycles. The van der Waals surface area contributed by atoms with Gasteiger partial charge in [-0.25, -0.2) is 0 Å². The van der Waals surface area contributed by atoms with Crippen molar-refractivity contribution in [2.24, 2.45) is 0 Å². The Labute approximate surface area is 167 Å². The molecule has 1 heteroatoms. The summed E-state index contributed by atoms with van der Waals surface area (Å²) in [6, 6.07) is 13.5. The number of ether oxygens (including phenoxy) is 1. The molecule has 0 fully saturated rings. The van der Waals surface area contributed by atoms with E-state index in [0.717, 1.165) is 24.3 Å². The number of rotatable bonds is 10. The number of hydrogen-bond acceptors (Lipinski definition) is 1. The molecule has 0 aromatic heterocycles. The summed E-state index contributed by atoms with van der Waals surface area (Å²) < 4.78 is 6.50. The van der Waals surface area contributed by atoms with Crippen molar-refractivity contribution >= 4 is 0 Å². The maximum absolute atomic E-state index is 6.50. The number of aryl methyl sites for hydroxylation is 2. The van der Waals surface area contributed by atoms with E-state index in [1.807, 2.05) is 0 Å². The van der Waals surface area contributed by atoms with E-state index in [4.69, 9.17) is 4.74 Å². The molecule has 0 saturated carbocycles. The molecule has 2 aromatic rings. The van der Waals surface area contributed by atoms with E-state index in [1.165, 1.54) is 47.9 Å². The molecule has 0 spiro atoms. The molecule has 0 aliphatic heterocycles. The molecule has 1 nitrogen and oxygen atoms in total. The van der Waals surface area contributed by atoms with E-state index in [1.54, 1.807) is 0 Å². The standard InChI is InChI=1S/C26H38O/c1-7-9-11-23-17-21(19(3)4)13-15-25(23)27-26-16-14-22(20(5)6)18-24(26)12-10-8-2/h13-20H,7-12H2,1-6H3. The van der Waals surface area contributed by atoms with Gasteiger partial charge < -0.3 is 4.74 Å². The monoisotopic (exact) mass is 366 g/mol. The van der Waals surface area contributed by atoms with Crippen molar-refractivity contribution in [3.8, 4) is 11.5 Å². The predicted molar refractivity (Wildman–Crippen MR) is 118 cm³/mol. The van der Waals surface area contributed by atoms with E-state index in [2.05, 4.69) is 77.9 Å². The zero-order chi connectivity index (χ0) is 19.8. The summed E-state index contributed by atoms with van der Waals surface area (Å²) in [7, 11) is 0. The number of unbranched alkanes of at least 4 members (excludes halogenated alkanes) is 2. The van der Waals surface area contributed by atoms with Crippen LogP contribution in [0.4, 0.5) is 0 Å². The van der Waals surface area contributed by atoms with E-state index in [0.29, 0.717) is 11.8 Å². The van der Waals surface area contributed by atoms with Gasteiger partial charge in [0.05, 0.1) is 0 Å². The zero-order valence-electron chi connectivity index (χ0n) is 18.3. The minimum atomic E-state index is 0.546. The first-order valence-electron chi connectivity index (χ1n) is 10.9. The molecule has 0 amide bonds. The smallest absolute Gasteiger partial charge is 0.130 e. The third-order valence-electron chi connectivity index (χ3n) is 5.32. The van der Waals surface area contributed by atoms with Gasteiger partial charge in [-0.05, 0) is 71.9 Å². The van der Waals surface area contributed by atoms with Crippen molar-refractivity contribution in [3.63, 3.8) is 0 Å². The van der Waals surface area contributed by atoms with Crippen LogP contribution in [0.15, 0.2) is 36.4 Å². The van der Waals surface area contributed by atoms with Gasteiger partial charge in [0, 0.05) is 0 Å². The van der Waals surface area contributed by atoms with Crippen molar-refractivity contribution in [1.29, 1.82) is 0 Å². The lowest BCUT2D eigenvalue weighted by atomic mass is 9.97.